The number of hydrogen-bond donors (Lipinski definition) is 0. The number of nitrogens with zero attached hydrogens (tertiary/aromatic N) is 3. The molecule has 72 heavy (non-hydrogen) atoms. The number of pyridine rings is 1. The topological polar surface area (TPSA) is 21.9 Å². The van der Waals surface area contributed by atoms with Crippen LogP contribution in [0, 0.1) is 6.92 Å². The molecule has 1 atom stereocenters. The fourth-order valence-corrected chi connectivity index (χ4v) is 12.0. The Bertz CT molecular complexity index is 3860. The Labute approximate surface area is 424 Å². The molecule has 2 aromatic heterocycles. The van der Waals surface area contributed by atoms with Crippen LogP contribution in [-0.4, -0.2) is 4.57 Å². The molecule has 0 amide bonds. The fraction of sp³-hybridized carbons (Fsp3) is 0.206. The van der Waals surface area contributed by atoms with Gasteiger partial charge in [0.1, 0.15) is 16.8 Å². The van der Waals surface area contributed by atoms with Gasteiger partial charge in [-0.25, -0.2) is 0 Å². The van der Waals surface area contributed by atoms with Crippen LogP contribution in [0.15, 0.2) is 188 Å². The minimum Gasteiger partial charge on any atom is -0.392 e. The van der Waals surface area contributed by atoms with Crippen molar-refractivity contribution in [2.75, 3.05) is 0 Å². The van der Waals surface area contributed by atoms with Crippen LogP contribution >= 0.6 is 0 Å². The maximum absolute atomic E-state index is 8.25. The molecule has 0 bridgehead atoms. The summed E-state index contributed by atoms with van der Waals surface area (Å²) in [5, 5.41) is 0. The van der Waals surface area contributed by atoms with E-state index in [2.05, 4.69) is 271 Å². The summed E-state index contributed by atoms with van der Waals surface area (Å²) in [5.41, 5.74) is 24.4. The summed E-state index contributed by atoms with van der Waals surface area (Å²) in [6, 6.07) is 68.2. The molecule has 3 aliphatic rings. The van der Waals surface area contributed by atoms with Crippen molar-refractivity contribution in [1.82, 2.24) is 4.57 Å². The first-order valence-electron chi connectivity index (χ1n) is 25.7. The quantitative estimate of drug-likeness (QED) is 0.158. The first kappa shape index (κ1) is 44.1. The van der Waals surface area contributed by atoms with Crippen LogP contribution in [-0.2, 0) is 22.1 Å². The second kappa shape index (κ2) is 15.3. The first-order valence-corrected chi connectivity index (χ1v) is 25.7. The number of benzene rings is 8. The standard InChI is InChI=1S/C68H61N3O/c1-42-35-53(46-29-31-49(32-30-46)65(2,3)4)60(41-52(42)45-25-18-13-19-26-45)70-58-28-20-27-51-54-36-48(44-23-16-12-17-24-44)37-55-59-38-47(43-21-14-11-15-22-43)33-34-69(59)68(61(54)55)71(62(51)58)64(70)56-39-50(66(5,6)7)40-57(63(56)72-68)67(8,9)10/h11-41H,1-10H3/q+2. The lowest BCUT2D eigenvalue weighted by molar-refractivity contribution is -0.997. The van der Waals surface area contributed by atoms with Gasteiger partial charge in [-0.05, 0) is 121 Å². The van der Waals surface area contributed by atoms with Crippen molar-refractivity contribution in [2.45, 2.75) is 91.3 Å². The molecule has 352 valence electrons. The third kappa shape index (κ3) is 6.43. The molecule has 0 aliphatic carbocycles. The van der Waals surface area contributed by atoms with Crippen molar-refractivity contribution in [3.8, 4) is 89.7 Å². The Hall–Kier alpha value is -7.82. The molecular weight excluding hydrogens is 875 g/mol. The van der Waals surface area contributed by atoms with Crippen LogP contribution in [0.25, 0.3) is 95.0 Å². The number of para-hydroxylation sites is 1. The van der Waals surface area contributed by atoms with Crippen LogP contribution in [0.1, 0.15) is 90.1 Å². The zero-order chi connectivity index (χ0) is 49.6. The highest BCUT2D eigenvalue weighted by molar-refractivity contribution is 6.00. The molecular formula is C68H61N3O+2. The second-order valence-corrected chi connectivity index (χ2v) is 23.5. The molecule has 10 aromatic rings. The monoisotopic (exact) mass is 935 g/mol. The van der Waals surface area contributed by atoms with Gasteiger partial charge in [-0.15, -0.1) is 9.13 Å². The van der Waals surface area contributed by atoms with Crippen LogP contribution in [0.5, 0.6) is 5.75 Å². The molecule has 1 spiro atoms. The van der Waals surface area contributed by atoms with Crippen molar-refractivity contribution in [3.63, 3.8) is 0 Å². The van der Waals surface area contributed by atoms with Gasteiger partial charge >= 0.3 is 11.7 Å². The molecule has 3 aliphatic heterocycles. The van der Waals surface area contributed by atoms with Crippen LogP contribution in [0.2, 0.25) is 0 Å². The minimum atomic E-state index is -1.13. The number of ether oxygens (including phenoxy) is 1. The number of hydrogen-bond acceptors (Lipinski definition) is 1. The number of fused-ring (bicyclic) bond motifs is 5. The maximum atomic E-state index is 8.25. The summed E-state index contributed by atoms with van der Waals surface area (Å²) in [4.78, 5) is 0. The zero-order valence-electron chi connectivity index (χ0n) is 43.1. The Morgan fingerprint density at radius 1 is 0.444 bits per heavy atom. The van der Waals surface area contributed by atoms with E-state index in [1.807, 2.05) is 0 Å². The van der Waals surface area contributed by atoms with Gasteiger partial charge in [0.05, 0.1) is 5.56 Å². The average molecular weight is 936 g/mol. The van der Waals surface area contributed by atoms with E-state index in [1.54, 1.807) is 0 Å². The van der Waals surface area contributed by atoms with Gasteiger partial charge in [0.15, 0.2) is 23.0 Å². The van der Waals surface area contributed by atoms with E-state index in [0.717, 1.165) is 50.7 Å². The molecule has 0 radical (unpaired) electrons. The van der Waals surface area contributed by atoms with Gasteiger partial charge in [-0.2, -0.15) is 4.57 Å². The van der Waals surface area contributed by atoms with Crippen molar-refractivity contribution >= 4 is 11.0 Å². The Morgan fingerprint density at radius 3 is 1.69 bits per heavy atom. The molecule has 13 rings (SSSR count). The summed E-state index contributed by atoms with van der Waals surface area (Å²) in [6.07, 6.45) is 2.30. The van der Waals surface area contributed by atoms with Gasteiger partial charge in [-0.3, -0.25) is 0 Å². The number of rotatable bonds is 5. The SMILES string of the molecule is Cc1cc(-c2ccc(C(C)(C)C)cc2)c(-n2c3[n+]4c5c(cccc52)-c2cc(-c5ccccc5)cc5c2C4(Oc2c-3cc(C(C)(C)C)cc2C(C)(C)C)[n+]2ccc(-c3ccccc3)cc2-5)cc1-c1ccccc1. The predicted octanol–water partition coefficient (Wildman–Crippen LogP) is 16.3. The molecule has 0 fully saturated rings. The highest BCUT2D eigenvalue weighted by atomic mass is 16.5. The van der Waals surface area contributed by atoms with E-state index in [4.69, 9.17) is 4.74 Å². The van der Waals surface area contributed by atoms with E-state index >= 15 is 0 Å². The smallest absolute Gasteiger partial charge is 0.392 e. The van der Waals surface area contributed by atoms with Crippen LogP contribution < -0.4 is 13.9 Å². The summed E-state index contributed by atoms with van der Waals surface area (Å²) in [6.45, 7) is 23.2. The normalized spacial score (nSPS) is 15.2. The molecule has 4 heteroatoms. The van der Waals surface area contributed by atoms with Gasteiger partial charge < -0.3 is 4.74 Å². The summed E-state index contributed by atoms with van der Waals surface area (Å²) >= 11 is 0. The highest BCUT2D eigenvalue weighted by Crippen LogP contribution is 2.57. The number of aryl methyl sites for hydroxylation is 1. The lowest BCUT2D eigenvalue weighted by Gasteiger charge is -2.36. The lowest BCUT2D eigenvalue weighted by atomic mass is 9.78. The third-order valence-corrected chi connectivity index (χ3v) is 15.7. The molecule has 4 nitrogen and oxygen atoms in total. The Morgan fingerprint density at radius 2 is 1.06 bits per heavy atom. The van der Waals surface area contributed by atoms with Crippen LogP contribution in [0.3, 0.4) is 0 Å². The van der Waals surface area contributed by atoms with Crippen molar-refractivity contribution in [2.24, 2.45) is 0 Å². The van der Waals surface area contributed by atoms with Gasteiger partial charge in [0, 0.05) is 34.4 Å². The van der Waals surface area contributed by atoms with Crippen molar-refractivity contribution in [3.05, 3.63) is 216 Å². The number of imidazole rings is 1. The van der Waals surface area contributed by atoms with E-state index in [1.165, 1.54) is 77.9 Å². The molecule has 0 saturated heterocycles. The van der Waals surface area contributed by atoms with Gasteiger partial charge in [-0.1, -0.05) is 190 Å². The highest BCUT2D eigenvalue weighted by Gasteiger charge is 2.69. The first-order chi connectivity index (χ1) is 34.5. The second-order valence-electron chi connectivity index (χ2n) is 23.5. The van der Waals surface area contributed by atoms with E-state index in [-0.39, 0.29) is 16.2 Å². The number of aromatic nitrogens is 3. The van der Waals surface area contributed by atoms with E-state index < -0.39 is 5.85 Å². The lowest BCUT2D eigenvalue weighted by Crippen LogP contribution is -2.78. The van der Waals surface area contributed by atoms with Crippen molar-refractivity contribution < 1.29 is 13.9 Å². The zero-order valence-corrected chi connectivity index (χ0v) is 43.1. The molecule has 8 aromatic carbocycles. The molecule has 0 saturated carbocycles. The van der Waals surface area contributed by atoms with Crippen molar-refractivity contribution in [1.29, 1.82) is 0 Å². The van der Waals surface area contributed by atoms with E-state index in [9.17, 15) is 0 Å². The molecule has 1 unspecified atom stereocenters. The average Bonchev–Trinajstić information content (AvgIpc) is 3.87. The van der Waals surface area contributed by atoms with Crippen LogP contribution in [0.4, 0.5) is 0 Å². The molecule has 0 N–H and O–H groups in total. The Kier molecular flexibility index (Phi) is 9.41. The summed E-state index contributed by atoms with van der Waals surface area (Å²) in [7, 11) is 0. The van der Waals surface area contributed by atoms with Gasteiger partial charge in [0.25, 0.3) is 0 Å². The largest absolute Gasteiger partial charge is 0.499 e. The third-order valence-electron chi connectivity index (χ3n) is 15.7. The molecule has 5 heterocycles. The van der Waals surface area contributed by atoms with Gasteiger partial charge in [0.2, 0.25) is 5.69 Å². The minimum absolute atomic E-state index is 0.0192. The Balaban J connectivity index is 1.24. The van der Waals surface area contributed by atoms with E-state index in [0.29, 0.717) is 0 Å². The maximum Gasteiger partial charge on any atom is 0.499 e. The predicted molar refractivity (Wildman–Crippen MR) is 296 cm³/mol. The summed E-state index contributed by atoms with van der Waals surface area (Å²) in [5.74, 6) is 0.892. The fourth-order valence-electron chi connectivity index (χ4n) is 12.0. The summed E-state index contributed by atoms with van der Waals surface area (Å²) < 4.78 is 15.9.